The zero-order chi connectivity index (χ0) is 21.1. The Morgan fingerprint density at radius 3 is 2.31 bits per heavy atom. The van der Waals surface area contributed by atoms with E-state index < -0.39 is 24.5 Å². The summed E-state index contributed by atoms with van der Waals surface area (Å²) in [6, 6.07) is 11.5. The highest BCUT2D eigenvalue weighted by Crippen LogP contribution is 2.30. The first-order chi connectivity index (χ1) is 13.8. The van der Waals surface area contributed by atoms with Gasteiger partial charge in [0.1, 0.15) is 11.9 Å². The summed E-state index contributed by atoms with van der Waals surface area (Å²) in [5.41, 5.74) is 6.86. The van der Waals surface area contributed by atoms with E-state index in [0.29, 0.717) is 22.3 Å². The van der Waals surface area contributed by atoms with E-state index in [1.165, 1.54) is 0 Å². The van der Waals surface area contributed by atoms with Crippen LogP contribution in [0.4, 0.5) is 19.3 Å². The highest BCUT2D eigenvalue weighted by Gasteiger charge is 2.23. The lowest BCUT2D eigenvalue weighted by atomic mass is 10.0. The number of para-hydroxylation sites is 2. The summed E-state index contributed by atoms with van der Waals surface area (Å²) in [4.78, 5) is 27.8. The molecule has 1 aromatic heterocycles. The van der Waals surface area contributed by atoms with E-state index in [2.05, 4.69) is 15.6 Å². The van der Waals surface area contributed by atoms with E-state index in [1.54, 1.807) is 62.4 Å². The number of primary amides is 1. The highest BCUT2D eigenvalue weighted by molar-refractivity contribution is 5.97. The van der Waals surface area contributed by atoms with E-state index in [1.807, 2.05) is 0 Å². The molecule has 1 atom stereocenters. The first-order valence-electron chi connectivity index (χ1n) is 9.00. The molecule has 0 saturated carbocycles. The number of fused-ring (bicyclic) bond motifs is 1. The Morgan fingerprint density at radius 1 is 1.07 bits per heavy atom. The summed E-state index contributed by atoms with van der Waals surface area (Å²) >= 11 is 0. The van der Waals surface area contributed by atoms with Gasteiger partial charge in [-0.15, -0.1) is 0 Å². The molecular formula is C20H21F2N5O2. The number of halogens is 2. The van der Waals surface area contributed by atoms with Crippen LogP contribution in [0.1, 0.15) is 20.4 Å². The lowest BCUT2D eigenvalue weighted by Crippen LogP contribution is -2.49. The van der Waals surface area contributed by atoms with Crippen LogP contribution in [0, 0.1) is 5.92 Å². The Bertz CT molecular complexity index is 1030. The van der Waals surface area contributed by atoms with Gasteiger partial charge in [0, 0.05) is 11.3 Å². The summed E-state index contributed by atoms with van der Waals surface area (Å²) in [5, 5.41) is 5.09. The minimum Gasteiger partial charge on any atom is -0.352 e. The smallest absolute Gasteiger partial charge is 0.320 e. The largest absolute Gasteiger partial charge is 0.352 e. The predicted octanol–water partition coefficient (Wildman–Crippen LogP) is 3.73. The number of amides is 3. The van der Waals surface area contributed by atoms with Crippen molar-refractivity contribution in [1.29, 1.82) is 0 Å². The summed E-state index contributed by atoms with van der Waals surface area (Å²) in [6.07, 6.45) is 0. The lowest BCUT2D eigenvalue weighted by molar-refractivity contribution is -0.118. The fourth-order valence-electron chi connectivity index (χ4n) is 3.06. The Labute approximate surface area is 165 Å². The molecule has 0 fully saturated rings. The predicted molar refractivity (Wildman–Crippen MR) is 106 cm³/mol. The molecule has 4 N–H and O–H groups in total. The number of hydrogen-bond donors (Lipinski definition) is 3. The fraction of sp³-hybridized carbons (Fsp3) is 0.250. The van der Waals surface area contributed by atoms with Crippen LogP contribution >= 0.6 is 0 Å². The number of imidazole rings is 1. The van der Waals surface area contributed by atoms with E-state index in [4.69, 9.17) is 5.73 Å². The van der Waals surface area contributed by atoms with Crippen LogP contribution < -0.4 is 16.4 Å². The SMILES string of the molecule is CC(C)[C@H](NC(N)=O)C(=O)Nc1ccc(-c2nc3ccccc3n2C(F)F)cc1. The second-order valence-corrected chi connectivity index (χ2v) is 6.87. The maximum Gasteiger partial charge on any atom is 0.320 e. The molecule has 0 radical (unpaired) electrons. The van der Waals surface area contributed by atoms with Crippen molar-refractivity contribution in [3.8, 4) is 11.4 Å². The van der Waals surface area contributed by atoms with Crippen molar-refractivity contribution in [1.82, 2.24) is 14.9 Å². The zero-order valence-electron chi connectivity index (χ0n) is 15.9. The van der Waals surface area contributed by atoms with E-state index in [-0.39, 0.29) is 11.7 Å². The van der Waals surface area contributed by atoms with Gasteiger partial charge >= 0.3 is 12.6 Å². The maximum atomic E-state index is 13.6. The molecule has 29 heavy (non-hydrogen) atoms. The summed E-state index contributed by atoms with van der Waals surface area (Å²) in [5.74, 6) is -0.464. The van der Waals surface area contributed by atoms with Gasteiger partial charge in [-0.1, -0.05) is 26.0 Å². The minimum atomic E-state index is -2.75. The average molecular weight is 401 g/mol. The van der Waals surface area contributed by atoms with Crippen LogP contribution in [-0.4, -0.2) is 27.5 Å². The molecule has 0 bridgehead atoms. The second-order valence-electron chi connectivity index (χ2n) is 6.87. The number of hydrogen-bond acceptors (Lipinski definition) is 3. The van der Waals surface area contributed by atoms with Crippen molar-refractivity contribution in [2.75, 3.05) is 5.32 Å². The Balaban J connectivity index is 1.86. The van der Waals surface area contributed by atoms with Gasteiger partial charge < -0.3 is 16.4 Å². The van der Waals surface area contributed by atoms with Crippen LogP contribution in [0.3, 0.4) is 0 Å². The van der Waals surface area contributed by atoms with Crippen LogP contribution in [-0.2, 0) is 4.79 Å². The standard InChI is InChI=1S/C20H21F2N5O2/c1-11(2)16(26-20(23)29)18(28)24-13-9-7-12(8-10-13)17-25-14-5-3-4-6-15(14)27(17)19(21)22/h3-11,16,19H,1-2H3,(H,24,28)(H3,23,26,29)/t16-/m0/s1. The van der Waals surface area contributed by atoms with Gasteiger partial charge in [0.25, 0.3) is 0 Å². The van der Waals surface area contributed by atoms with Gasteiger partial charge in [0.2, 0.25) is 5.91 Å². The minimum absolute atomic E-state index is 0.134. The van der Waals surface area contributed by atoms with Crippen molar-refractivity contribution in [3.05, 3.63) is 48.5 Å². The fourth-order valence-corrected chi connectivity index (χ4v) is 3.06. The van der Waals surface area contributed by atoms with E-state index in [0.717, 1.165) is 4.57 Å². The molecule has 3 aromatic rings. The van der Waals surface area contributed by atoms with Gasteiger partial charge in [0.05, 0.1) is 11.0 Å². The number of benzene rings is 2. The number of urea groups is 1. The van der Waals surface area contributed by atoms with Crippen LogP contribution in [0.5, 0.6) is 0 Å². The molecule has 1 heterocycles. The molecule has 0 spiro atoms. The van der Waals surface area contributed by atoms with Crippen LogP contribution in [0.15, 0.2) is 48.5 Å². The molecule has 0 aliphatic rings. The number of carbonyl (C=O) groups is 2. The Morgan fingerprint density at radius 2 is 1.72 bits per heavy atom. The Kier molecular flexibility index (Phi) is 5.76. The summed E-state index contributed by atoms with van der Waals surface area (Å²) in [7, 11) is 0. The quantitative estimate of drug-likeness (QED) is 0.586. The van der Waals surface area contributed by atoms with Crippen LogP contribution in [0.25, 0.3) is 22.4 Å². The Hall–Kier alpha value is -3.49. The summed E-state index contributed by atoms with van der Waals surface area (Å²) in [6.45, 7) is 0.805. The van der Waals surface area contributed by atoms with Gasteiger partial charge in [-0.2, -0.15) is 8.78 Å². The van der Waals surface area contributed by atoms with Gasteiger partial charge in [-0.25, -0.2) is 9.78 Å². The van der Waals surface area contributed by atoms with Crippen molar-refractivity contribution >= 4 is 28.7 Å². The molecular weight excluding hydrogens is 380 g/mol. The van der Waals surface area contributed by atoms with Crippen molar-refractivity contribution in [2.45, 2.75) is 26.4 Å². The van der Waals surface area contributed by atoms with Crippen molar-refractivity contribution in [3.63, 3.8) is 0 Å². The number of aromatic nitrogens is 2. The molecule has 3 amide bonds. The number of rotatable bonds is 6. The number of anilines is 1. The van der Waals surface area contributed by atoms with Crippen molar-refractivity contribution in [2.24, 2.45) is 11.7 Å². The third kappa shape index (κ3) is 4.34. The van der Waals surface area contributed by atoms with Crippen LogP contribution in [0.2, 0.25) is 0 Å². The van der Waals surface area contributed by atoms with Crippen molar-refractivity contribution < 1.29 is 18.4 Å². The molecule has 0 saturated heterocycles. The molecule has 9 heteroatoms. The zero-order valence-corrected chi connectivity index (χ0v) is 15.9. The normalized spacial score (nSPS) is 12.3. The van der Waals surface area contributed by atoms with E-state index in [9.17, 15) is 18.4 Å². The summed E-state index contributed by atoms with van der Waals surface area (Å²) < 4.78 is 28.1. The number of nitrogens with zero attached hydrogens (tertiary/aromatic N) is 2. The highest BCUT2D eigenvalue weighted by atomic mass is 19.3. The monoisotopic (exact) mass is 401 g/mol. The first-order valence-corrected chi connectivity index (χ1v) is 9.00. The molecule has 152 valence electrons. The lowest BCUT2D eigenvalue weighted by Gasteiger charge is -2.20. The molecule has 0 aliphatic heterocycles. The van der Waals surface area contributed by atoms with Gasteiger partial charge in [-0.3, -0.25) is 9.36 Å². The number of carbonyl (C=O) groups excluding carboxylic acids is 2. The molecule has 0 aliphatic carbocycles. The topological polar surface area (TPSA) is 102 Å². The maximum absolute atomic E-state index is 13.6. The van der Waals surface area contributed by atoms with E-state index >= 15 is 0 Å². The van der Waals surface area contributed by atoms with Gasteiger partial charge in [-0.05, 0) is 42.3 Å². The van der Waals surface area contributed by atoms with Gasteiger partial charge in [0.15, 0.2) is 0 Å². The third-order valence-corrected chi connectivity index (χ3v) is 4.45. The number of nitrogens with two attached hydrogens (primary N) is 1. The third-order valence-electron chi connectivity index (χ3n) is 4.45. The first kappa shape index (κ1) is 20.2. The number of alkyl halides is 2. The molecule has 0 unspecified atom stereocenters. The molecule has 2 aromatic carbocycles. The second kappa shape index (κ2) is 8.26. The molecule has 3 rings (SSSR count). The average Bonchev–Trinajstić information content (AvgIpc) is 3.06. The molecule has 7 nitrogen and oxygen atoms in total. The number of nitrogens with one attached hydrogen (secondary N) is 2.